The van der Waals surface area contributed by atoms with E-state index in [1.165, 1.54) is 27.8 Å². The summed E-state index contributed by atoms with van der Waals surface area (Å²) in [7, 11) is 0. The molecule has 0 aliphatic heterocycles. The minimum absolute atomic E-state index is 0.0387. The number of fused-ring (bicyclic) bond motifs is 1. The molecule has 3 aromatic carbocycles. The molecule has 1 aliphatic carbocycles. The van der Waals surface area contributed by atoms with Gasteiger partial charge in [0.15, 0.2) is 0 Å². The topological polar surface area (TPSA) is 71.4 Å². The molecule has 144 valence electrons. The molecule has 0 aromatic heterocycles. The first-order valence-electron chi connectivity index (χ1n) is 10.1. The van der Waals surface area contributed by atoms with Gasteiger partial charge in [0.25, 0.3) is 0 Å². The van der Waals surface area contributed by atoms with Crippen molar-refractivity contribution >= 4 is 0 Å². The van der Waals surface area contributed by atoms with E-state index in [1.807, 2.05) is 6.07 Å². The van der Waals surface area contributed by atoms with Crippen LogP contribution in [0.5, 0.6) is 0 Å². The molecule has 3 nitrogen and oxygen atoms in total. The van der Waals surface area contributed by atoms with E-state index in [0.717, 1.165) is 18.4 Å². The Labute approximate surface area is 177 Å². The number of nitriles is 3. The summed E-state index contributed by atoms with van der Waals surface area (Å²) in [4.78, 5) is 0. The van der Waals surface area contributed by atoms with Crippen molar-refractivity contribution in [1.29, 1.82) is 15.8 Å². The molecule has 0 amide bonds. The van der Waals surface area contributed by atoms with Gasteiger partial charge in [-0.15, -0.1) is 0 Å². The van der Waals surface area contributed by atoms with Crippen molar-refractivity contribution in [2.45, 2.75) is 38.5 Å². The van der Waals surface area contributed by atoms with Crippen molar-refractivity contribution in [1.82, 2.24) is 0 Å². The van der Waals surface area contributed by atoms with E-state index >= 15 is 0 Å². The molecule has 1 aliphatic rings. The highest BCUT2D eigenvalue weighted by Crippen LogP contribution is 2.46. The highest BCUT2D eigenvalue weighted by atomic mass is 14.4. The van der Waals surface area contributed by atoms with Crippen molar-refractivity contribution in [2.24, 2.45) is 0 Å². The predicted molar refractivity (Wildman–Crippen MR) is 116 cm³/mol. The van der Waals surface area contributed by atoms with Gasteiger partial charge in [0.2, 0.25) is 0 Å². The summed E-state index contributed by atoms with van der Waals surface area (Å²) in [6.07, 6.45) is 1.86. The average molecular weight is 387 g/mol. The molecule has 0 saturated heterocycles. The molecular formula is C27H21N3. The smallest absolute Gasteiger partial charge is 0.101 e. The van der Waals surface area contributed by atoms with Crippen LogP contribution in [0.2, 0.25) is 0 Å². The number of hydrogen-bond acceptors (Lipinski definition) is 3. The maximum atomic E-state index is 9.74. The number of aryl methyl sites for hydroxylation is 2. The molecule has 0 N–H and O–H groups in total. The quantitative estimate of drug-likeness (QED) is 0.543. The van der Waals surface area contributed by atoms with E-state index in [-0.39, 0.29) is 11.5 Å². The van der Waals surface area contributed by atoms with Crippen LogP contribution < -0.4 is 0 Å². The standard InChI is InChI=1S/C27H21N3/c1-17-3-6-19(7-4-17)23-9-10-24(25-8-5-18(2)11-27(23)25)26-13-21(15-29)20(14-28)12-22(26)16-30/h3-8,11-13,23-24H,9-10H2,1-2H3. The van der Waals surface area contributed by atoms with Gasteiger partial charge in [-0.3, -0.25) is 0 Å². The molecular weight excluding hydrogens is 366 g/mol. The first-order valence-corrected chi connectivity index (χ1v) is 10.1. The van der Waals surface area contributed by atoms with Crippen molar-refractivity contribution < 1.29 is 0 Å². The third-order valence-electron chi connectivity index (χ3n) is 6.14. The summed E-state index contributed by atoms with van der Waals surface area (Å²) in [5.74, 6) is 0.355. The fraction of sp³-hybridized carbons (Fsp3) is 0.222. The Morgan fingerprint density at radius 3 is 1.87 bits per heavy atom. The van der Waals surface area contributed by atoms with Gasteiger partial charge < -0.3 is 0 Å². The summed E-state index contributed by atoms with van der Waals surface area (Å²) in [6.45, 7) is 4.20. The van der Waals surface area contributed by atoms with E-state index in [1.54, 1.807) is 12.1 Å². The molecule has 0 heterocycles. The Hall–Kier alpha value is -3.87. The lowest BCUT2D eigenvalue weighted by Gasteiger charge is -2.33. The second kappa shape index (κ2) is 7.87. The van der Waals surface area contributed by atoms with Crippen LogP contribution in [-0.2, 0) is 0 Å². The zero-order chi connectivity index (χ0) is 21.3. The van der Waals surface area contributed by atoms with Crippen molar-refractivity contribution in [2.75, 3.05) is 0 Å². The van der Waals surface area contributed by atoms with E-state index in [9.17, 15) is 15.8 Å². The Morgan fingerprint density at radius 2 is 1.20 bits per heavy atom. The Balaban J connectivity index is 1.87. The molecule has 2 unspecified atom stereocenters. The first kappa shape index (κ1) is 19.4. The lowest BCUT2D eigenvalue weighted by molar-refractivity contribution is 0.564. The minimum atomic E-state index is 0.0387. The normalized spacial score (nSPS) is 17.3. The lowest BCUT2D eigenvalue weighted by atomic mass is 9.70. The number of hydrogen-bond donors (Lipinski definition) is 0. The van der Waals surface area contributed by atoms with Gasteiger partial charge in [-0.05, 0) is 61.1 Å². The van der Waals surface area contributed by atoms with Crippen LogP contribution >= 0.6 is 0 Å². The van der Waals surface area contributed by atoms with Gasteiger partial charge in [-0.2, -0.15) is 15.8 Å². The zero-order valence-electron chi connectivity index (χ0n) is 17.1. The molecule has 2 atom stereocenters. The van der Waals surface area contributed by atoms with E-state index in [4.69, 9.17) is 0 Å². The van der Waals surface area contributed by atoms with Crippen molar-refractivity contribution in [3.8, 4) is 18.2 Å². The van der Waals surface area contributed by atoms with Crippen LogP contribution in [-0.4, -0.2) is 0 Å². The van der Waals surface area contributed by atoms with Gasteiger partial charge in [0.1, 0.15) is 12.1 Å². The van der Waals surface area contributed by atoms with Crippen molar-refractivity contribution in [3.63, 3.8) is 0 Å². The zero-order valence-corrected chi connectivity index (χ0v) is 17.1. The van der Waals surface area contributed by atoms with Crippen LogP contribution in [0.25, 0.3) is 0 Å². The third-order valence-corrected chi connectivity index (χ3v) is 6.14. The van der Waals surface area contributed by atoms with Crippen LogP contribution in [0, 0.1) is 47.8 Å². The second-order valence-corrected chi connectivity index (χ2v) is 8.05. The van der Waals surface area contributed by atoms with E-state index in [0.29, 0.717) is 17.0 Å². The van der Waals surface area contributed by atoms with Crippen LogP contribution in [0.4, 0.5) is 0 Å². The predicted octanol–water partition coefficient (Wildman–Crippen LogP) is 5.98. The van der Waals surface area contributed by atoms with Crippen LogP contribution in [0.1, 0.15) is 74.7 Å². The summed E-state index contributed by atoms with van der Waals surface area (Å²) in [5.41, 5.74) is 8.20. The summed E-state index contributed by atoms with van der Waals surface area (Å²) < 4.78 is 0. The average Bonchev–Trinajstić information content (AvgIpc) is 2.78. The Morgan fingerprint density at radius 1 is 0.600 bits per heavy atom. The molecule has 30 heavy (non-hydrogen) atoms. The van der Waals surface area contributed by atoms with E-state index in [2.05, 4.69) is 68.5 Å². The molecule has 0 radical (unpaired) electrons. The van der Waals surface area contributed by atoms with Gasteiger partial charge >= 0.3 is 0 Å². The molecule has 0 bridgehead atoms. The largest absolute Gasteiger partial charge is 0.192 e. The van der Waals surface area contributed by atoms with E-state index < -0.39 is 0 Å². The fourth-order valence-electron chi connectivity index (χ4n) is 4.61. The molecule has 0 spiro atoms. The van der Waals surface area contributed by atoms with Gasteiger partial charge in [-0.25, -0.2) is 0 Å². The summed E-state index contributed by atoms with van der Waals surface area (Å²) >= 11 is 0. The molecule has 3 aromatic rings. The number of benzene rings is 3. The Bertz CT molecular complexity index is 1250. The maximum absolute atomic E-state index is 9.74. The fourth-order valence-corrected chi connectivity index (χ4v) is 4.61. The second-order valence-electron chi connectivity index (χ2n) is 8.05. The molecule has 4 rings (SSSR count). The molecule has 0 fully saturated rings. The third kappa shape index (κ3) is 3.34. The number of nitrogens with zero attached hydrogens (tertiary/aromatic N) is 3. The van der Waals surface area contributed by atoms with Gasteiger partial charge in [0, 0.05) is 11.8 Å². The first-order chi connectivity index (χ1) is 14.5. The van der Waals surface area contributed by atoms with Gasteiger partial charge in [0.05, 0.1) is 22.8 Å². The number of rotatable bonds is 2. The van der Waals surface area contributed by atoms with Crippen molar-refractivity contribution in [3.05, 3.63) is 105 Å². The van der Waals surface area contributed by atoms with Crippen LogP contribution in [0.15, 0.2) is 54.6 Å². The molecule has 0 saturated carbocycles. The highest BCUT2D eigenvalue weighted by Gasteiger charge is 2.31. The monoisotopic (exact) mass is 387 g/mol. The lowest BCUT2D eigenvalue weighted by Crippen LogP contribution is -2.18. The summed E-state index contributed by atoms with van der Waals surface area (Å²) in [6, 6.07) is 25.0. The minimum Gasteiger partial charge on any atom is -0.192 e. The Kier molecular flexibility index (Phi) is 5.10. The van der Waals surface area contributed by atoms with Crippen LogP contribution in [0.3, 0.4) is 0 Å². The SMILES string of the molecule is Cc1ccc(C2CCC(c3cc(C#N)c(C#N)cc3C#N)c3ccc(C)cc32)cc1. The summed E-state index contributed by atoms with van der Waals surface area (Å²) in [5, 5.41) is 28.6. The molecule has 3 heteroatoms. The highest BCUT2D eigenvalue weighted by molar-refractivity contribution is 5.58. The maximum Gasteiger partial charge on any atom is 0.101 e. The van der Waals surface area contributed by atoms with Gasteiger partial charge in [-0.1, -0.05) is 53.6 Å².